The molecule has 3 aromatic carbocycles. The van der Waals surface area contributed by atoms with Crippen LogP contribution in [0.2, 0.25) is 0 Å². The molecule has 1 amide bonds. The number of amides is 1. The topological polar surface area (TPSA) is 74.6 Å². The van der Waals surface area contributed by atoms with Gasteiger partial charge < -0.3 is 19.7 Å². The summed E-state index contributed by atoms with van der Waals surface area (Å²) in [7, 11) is 1.53. The Kier molecular flexibility index (Phi) is 7.39. The highest BCUT2D eigenvalue weighted by Gasteiger charge is 2.25. The van der Waals surface area contributed by atoms with E-state index in [0.717, 1.165) is 22.9 Å². The Morgan fingerprint density at radius 1 is 1.06 bits per heavy atom. The first-order valence-electron chi connectivity index (χ1n) is 11.7. The Morgan fingerprint density at radius 3 is 2.44 bits per heavy atom. The number of nitrogens with zero attached hydrogens (tertiary/aromatic N) is 2. The van der Waals surface area contributed by atoms with Crippen molar-refractivity contribution in [1.82, 2.24) is 0 Å². The second-order valence-electron chi connectivity index (χ2n) is 8.78. The fourth-order valence-corrected chi connectivity index (χ4v) is 4.46. The molecule has 1 aliphatic rings. The van der Waals surface area contributed by atoms with Gasteiger partial charge in [-0.2, -0.15) is 5.26 Å². The fourth-order valence-electron chi connectivity index (χ4n) is 4.46. The predicted octanol–water partition coefficient (Wildman–Crippen LogP) is 5.76. The lowest BCUT2D eigenvalue weighted by atomic mass is 10.0. The number of methoxy groups -OCH3 is 1. The van der Waals surface area contributed by atoms with Gasteiger partial charge in [-0.25, -0.2) is 8.78 Å². The number of nitrogens with one attached hydrogen (secondary N) is 1. The van der Waals surface area contributed by atoms with E-state index >= 15 is 0 Å². The first kappa shape index (κ1) is 25.0. The van der Waals surface area contributed by atoms with Crippen LogP contribution in [0.1, 0.15) is 39.9 Å². The molecule has 0 radical (unpaired) electrons. The molecule has 8 heteroatoms. The molecule has 186 valence electrons. The maximum Gasteiger partial charge on any atom is 0.259 e. The van der Waals surface area contributed by atoms with Gasteiger partial charge in [0.25, 0.3) is 5.91 Å². The number of aryl methyl sites for hydroxylation is 2. The predicted molar refractivity (Wildman–Crippen MR) is 134 cm³/mol. The average molecular weight is 492 g/mol. The first-order valence-corrected chi connectivity index (χ1v) is 11.7. The van der Waals surface area contributed by atoms with E-state index in [1.165, 1.54) is 19.2 Å². The Morgan fingerprint density at radius 2 is 1.78 bits per heavy atom. The maximum atomic E-state index is 14.0. The van der Waals surface area contributed by atoms with Crippen LogP contribution in [0, 0.1) is 36.8 Å². The van der Waals surface area contributed by atoms with E-state index in [1.54, 1.807) is 12.1 Å². The van der Waals surface area contributed by atoms with Crippen LogP contribution in [0.25, 0.3) is 0 Å². The number of carbonyl (C=O) groups is 1. The lowest BCUT2D eigenvalue weighted by molar-refractivity contribution is 0.102. The Bertz CT molecular complexity index is 1330. The van der Waals surface area contributed by atoms with Crippen LogP contribution in [-0.4, -0.2) is 32.2 Å². The summed E-state index contributed by atoms with van der Waals surface area (Å²) in [5.74, 6) is -1.16. The number of carbonyl (C=O) groups excluding carboxylic acids is 1. The molecular formula is C28H27F2N3O3. The number of halogens is 2. The van der Waals surface area contributed by atoms with Crippen LogP contribution in [0.4, 0.5) is 20.2 Å². The maximum absolute atomic E-state index is 14.0. The molecule has 36 heavy (non-hydrogen) atoms. The second-order valence-corrected chi connectivity index (χ2v) is 8.78. The summed E-state index contributed by atoms with van der Waals surface area (Å²) < 4.78 is 38.4. The van der Waals surface area contributed by atoms with Crippen molar-refractivity contribution in [2.75, 3.05) is 30.4 Å². The molecule has 0 saturated carbocycles. The Balaban J connectivity index is 1.53. The third-order valence-electron chi connectivity index (χ3n) is 6.34. The number of rotatable bonds is 6. The molecule has 3 aromatic rings. The van der Waals surface area contributed by atoms with Crippen LogP contribution in [0.3, 0.4) is 0 Å². The van der Waals surface area contributed by atoms with Gasteiger partial charge in [-0.1, -0.05) is 12.1 Å². The molecule has 0 aliphatic carbocycles. The van der Waals surface area contributed by atoms with E-state index in [-0.39, 0.29) is 17.8 Å². The third kappa shape index (κ3) is 5.25. The van der Waals surface area contributed by atoms with Crippen molar-refractivity contribution in [3.05, 3.63) is 82.4 Å². The number of anilines is 2. The largest absolute Gasteiger partial charge is 0.496 e. The number of piperidine rings is 1. The summed E-state index contributed by atoms with van der Waals surface area (Å²) in [6.45, 7) is 4.91. The minimum absolute atomic E-state index is 0.0312. The summed E-state index contributed by atoms with van der Waals surface area (Å²) in [5.41, 5.74) is 3.79. The van der Waals surface area contributed by atoms with Crippen molar-refractivity contribution in [3.63, 3.8) is 0 Å². The van der Waals surface area contributed by atoms with Gasteiger partial charge >= 0.3 is 0 Å². The van der Waals surface area contributed by atoms with E-state index in [2.05, 4.69) is 16.3 Å². The van der Waals surface area contributed by atoms with E-state index in [4.69, 9.17) is 9.47 Å². The standard InChI is InChI=1S/C28H27F2N3O3/c1-17-4-5-18(2)27(35-3)26(17)28(34)32-23-14-19(16-31)6-8-24(23)33-12-10-21(11-13-33)36-25-9-7-20(29)15-22(25)30/h4-9,14-15,21H,10-13H2,1-3H3,(H,32,34). The molecule has 1 heterocycles. The van der Waals surface area contributed by atoms with E-state index < -0.39 is 11.6 Å². The minimum atomic E-state index is -0.726. The molecule has 1 aliphatic heterocycles. The molecule has 4 rings (SSSR count). The lowest BCUT2D eigenvalue weighted by Crippen LogP contribution is -2.38. The summed E-state index contributed by atoms with van der Waals surface area (Å²) in [4.78, 5) is 15.4. The van der Waals surface area contributed by atoms with Gasteiger partial charge in [0.05, 0.1) is 35.7 Å². The SMILES string of the molecule is COc1c(C)ccc(C)c1C(=O)Nc1cc(C#N)ccc1N1CCC(Oc2ccc(F)cc2F)CC1. The van der Waals surface area contributed by atoms with Crippen molar-refractivity contribution in [1.29, 1.82) is 5.26 Å². The van der Waals surface area contributed by atoms with Crippen molar-refractivity contribution >= 4 is 17.3 Å². The molecule has 1 N–H and O–H groups in total. The van der Waals surface area contributed by atoms with Gasteiger partial charge in [-0.05, 0) is 55.3 Å². The summed E-state index contributed by atoms with van der Waals surface area (Å²) in [5, 5.41) is 12.4. The van der Waals surface area contributed by atoms with Crippen LogP contribution in [0.15, 0.2) is 48.5 Å². The zero-order chi connectivity index (χ0) is 25.8. The summed E-state index contributed by atoms with van der Waals surface area (Å²) >= 11 is 0. The van der Waals surface area contributed by atoms with E-state index in [1.807, 2.05) is 32.0 Å². The smallest absolute Gasteiger partial charge is 0.259 e. The normalized spacial score (nSPS) is 13.7. The average Bonchev–Trinajstić information content (AvgIpc) is 2.87. The molecule has 6 nitrogen and oxygen atoms in total. The zero-order valence-electron chi connectivity index (χ0n) is 20.4. The molecule has 0 aromatic heterocycles. The highest BCUT2D eigenvalue weighted by Crippen LogP contribution is 2.33. The molecule has 1 saturated heterocycles. The number of nitriles is 1. The van der Waals surface area contributed by atoms with Crippen molar-refractivity contribution in [2.45, 2.75) is 32.8 Å². The van der Waals surface area contributed by atoms with Gasteiger partial charge in [0.1, 0.15) is 17.7 Å². The quantitative estimate of drug-likeness (QED) is 0.474. The fraction of sp³-hybridized carbons (Fsp3) is 0.286. The van der Waals surface area contributed by atoms with E-state index in [9.17, 15) is 18.8 Å². The van der Waals surface area contributed by atoms with Crippen molar-refractivity contribution in [3.8, 4) is 17.6 Å². The van der Waals surface area contributed by atoms with Crippen LogP contribution >= 0.6 is 0 Å². The highest BCUT2D eigenvalue weighted by atomic mass is 19.1. The number of hydrogen-bond acceptors (Lipinski definition) is 5. The molecule has 1 fully saturated rings. The molecule has 0 unspecified atom stereocenters. The van der Waals surface area contributed by atoms with Crippen molar-refractivity contribution in [2.24, 2.45) is 0 Å². The zero-order valence-corrected chi connectivity index (χ0v) is 20.4. The van der Waals surface area contributed by atoms with Crippen LogP contribution in [0.5, 0.6) is 11.5 Å². The Labute approximate surface area is 209 Å². The van der Waals surface area contributed by atoms with Gasteiger partial charge in [0, 0.05) is 32.0 Å². The number of benzene rings is 3. The molecular weight excluding hydrogens is 464 g/mol. The number of ether oxygens (including phenoxy) is 2. The van der Waals surface area contributed by atoms with Gasteiger partial charge in [-0.3, -0.25) is 4.79 Å². The summed E-state index contributed by atoms with van der Waals surface area (Å²) in [6, 6.07) is 14.3. The summed E-state index contributed by atoms with van der Waals surface area (Å²) in [6.07, 6.45) is 0.987. The molecule has 0 atom stereocenters. The van der Waals surface area contributed by atoms with Gasteiger partial charge in [0.15, 0.2) is 11.6 Å². The second kappa shape index (κ2) is 10.6. The molecule has 0 spiro atoms. The first-order chi connectivity index (χ1) is 17.3. The van der Waals surface area contributed by atoms with E-state index in [0.29, 0.717) is 48.5 Å². The van der Waals surface area contributed by atoms with Gasteiger partial charge in [0.2, 0.25) is 0 Å². The van der Waals surface area contributed by atoms with Crippen LogP contribution in [-0.2, 0) is 0 Å². The molecule has 0 bridgehead atoms. The van der Waals surface area contributed by atoms with Crippen LogP contribution < -0.4 is 19.7 Å². The Hall–Kier alpha value is -4.12. The number of hydrogen-bond donors (Lipinski definition) is 1. The minimum Gasteiger partial charge on any atom is -0.496 e. The van der Waals surface area contributed by atoms with Crippen molar-refractivity contribution < 1.29 is 23.0 Å². The monoisotopic (exact) mass is 491 g/mol. The van der Waals surface area contributed by atoms with Gasteiger partial charge in [-0.15, -0.1) is 0 Å². The lowest BCUT2D eigenvalue weighted by Gasteiger charge is -2.35. The highest BCUT2D eigenvalue weighted by molar-refractivity contribution is 6.09. The third-order valence-corrected chi connectivity index (χ3v) is 6.34.